The van der Waals surface area contributed by atoms with Crippen molar-refractivity contribution in [1.29, 1.82) is 5.26 Å². The molecule has 0 spiro atoms. The molecule has 640 valence electrons. The molecule has 7 aromatic heterocycles. The summed E-state index contributed by atoms with van der Waals surface area (Å²) in [5, 5.41) is 21.7. The van der Waals surface area contributed by atoms with Crippen molar-refractivity contribution >= 4 is 116 Å². The molecule has 17 rings (SSSR count). The van der Waals surface area contributed by atoms with Gasteiger partial charge >= 0.3 is 0 Å². The molecule has 5 aromatic carbocycles. The number of furan rings is 1. The van der Waals surface area contributed by atoms with Crippen molar-refractivity contribution in [3.63, 3.8) is 0 Å². The van der Waals surface area contributed by atoms with Gasteiger partial charge in [-0.25, -0.2) is 29.9 Å². The van der Waals surface area contributed by atoms with E-state index in [0.29, 0.717) is 35.7 Å². The number of nitriles is 1. The lowest BCUT2D eigenvalue weighted by Crippen LogP contribution is -2.52. The summed E-state index contributed by atoms with van der Waals surface area (Å²) in [6, 6.07) is 61.5. The number of likely N-dealkylation sites (N-methyl/N-ethyl adjacent to an activating group) is 1. The van der Waals surface area contributed by atoms with Gasteiger partial charge in [-0.2, -0.15) is 10.4 Å². The number of amides is 6. The molecule has 0 unspecified atom stereocenters. The molecule has 32 heteroatoms. The van der Waals surface area contributed by atoms with Gasteiger partial charge in [0, 0.05) is 113 Å². The van der Waals surface area contributed by atoms with Gasteiger partial charge in [-0.15, -0.1) is 34.0 Å². The van der Waals surface area contributed by atoms with Crippen LogP contribution in [0.5, 0.6) is 5.88 Å². The molecular weight excluding hydrogens is 1640 g/mol. The predicted octanol–water partition coefficient (Wildman–Crippen LogP) is 13.6. The van der Waals surface area contributed by atoms with Crippen molar-refractivity contribution in [2.24, 2.45) is 53.6 Å². The Balaban J connectivity index is 0.000000137. The molecule has 11 N–H and O–H groups in total. The number of aromatic nitrogens is 4. The number of carbonyl (C=O) groups is 6. The number of methoxy groups -OCH3 is 1. The number of fused-ring (bicyclic) bond motifs is 1. The third kappa shape index (κ3) is 18.6. The van der Waals surface area contributed by atoms with Crippen LogP contribution in [0.25, 0.3) is 43.7 Å². The lowest BCUT2D eigenvalue weighted by Gasteiger charge is -2.40. The lowest BCUT2D eigenvalue weighted by molar-refractivity contribution is -0.131. The summed E-state index contributed by atoms with van der Waals surface area (Å²) in [6.07, 6.45) is 8.09. The molecule has 0 radical (unpaired) electrons. The number of nitrogens with two attached hydrogens (primary N) is 5. The summed E-state index contributed by atoms with van der Waals surface area (Å²) in [7, 11) is 8.16. The van der Waals surface area contributed by atoms with Crippen molar-refractivity contribution in [3.05, 3.63) is 277 Å². The van der Waals surface area contributed by atoms with Gasteiger partial charge in [0.05, 0.1) is 67.9 Å². The highest BCUT2D eigenvalue weighted by Gasteiger charge is 2.52. The van der Waals surface area contributed by atoms with Gasteiger partial charge in [-0.05, 0) is 172 Å². The normalized spacial score (nSPS) is 20.3. The van der Waals surface area contributed by atoms with Crippen LogP contribution in [-0.4, -0.2) is 145 Å². The summed E-state index contributed by atoms with van der Waals surface area (Å²) in [5.74, 6) is 1.27. The Hall–Kier alpha value is -14.3. The summed E-state index contributed by atoms with van der Waals surface area (Å²) < 4.78 is 12.4. The van der Waals surface area contributed by atoms with Gasteiger partial charge < -0.3 is 43.1 Å². The smallest absolute Gasteiger partial charge is 0.266 e. The minimum atomic E-state index is -1.21. The molecule has 12 aromatic rings. The van der Waals surface area contributed by atoms with Crippen molar-refractivity contribution in [1.82, 2.24) is 44.2 Å². The van der Waals surface area contributed by atoms with Gasteiger partial charge in [-0.3, -0.25) is 62.9 Å². The third-order valence-electron chi connectivity index (χ3n) is 22.3. The van der Waals surface area contributed by atoms with Gasteiger partial charge in [0.1, 0.15) is 27.9 Å². The number of nitrogens with one attached hydrogen (secondary N) is 1. The molecule has 5 atom stereocenters. The van der Waals surface area contributed by atoms with Crippen molar-refractivity contribution in [3.8, 4) is 44.8 Å². The van der Waals surface area contributed by atoms with Gasteiger partial charge in [0.2, 0.25) is 35.4 Å². The van der Waals surface area contributed by atoms with E-state index >= 15 is 0 Å². The Labute approximate surface area is 736 Å². The molecule has 5 aliphatic heterocycles. The molecule has 6 amide bonds. The Kier molecular flexibility index (Phi) is 25.8. The van der Waals surface area contributed by atoms with E-state index in [1.165, 1.54) is 31.4 Å². The first-order valence-corrected chi connectivity index (χ1v) is 42.5. The van der Waals surface area contributed by atoms with Crippen LogP contribution in [0.3, 0.4) is 0 Å². The van der Waals surface area contributed by atoms with E-state index in [1.54, 1.807) is 118 Å². The largest absolute Gasteiger partial charge is 0.481 e. The van der Waals surface area contributed by atoms with E-state index in [2.05, 4.69) is 79.3 Å². The van der Waals surface area contributed by atoms with Crippen LogP contribution in [-0.2, 0) is 63.0 Å². The number of rotatable bonds is 15. The second kappa shape index (κ2) is 36.4. The fourth-order valence-electron chi connectivity index (χ4n) is 15.0. The van der Waals surface area contributed by atoms with Crippen LogP contribution in [0.2, 0.25) is 0 Å². The van der Waals surface area contributed by atoms with E-state index < -0.39 is 33.6 Å². The highest BCUT2D eigenvalue weighted by Crippen LogP contribution is 2.49. The van der Waals surface area contributed by atoms with Crippen molar-refractivity contribution < 1.29 is 37.9 Å². The third-order valence-corrected chi connectivity index (χ3v) is 26.2. The van der Waals surface area contributed by atoms with E-state index in [-0.39, 0.29) is 84.2 Å². The number of hydrogen-bond donors (Lipinski definition) is 6. The number of aliphatic imine (C=N–C) groups is 5. The molecular formula is C93H97N21O8S3. The van der Waals surface area contributed by atoms with Crippen LogP contribution >= 0.6 is 34.0 Å². The standard InChI is InChI=1S/C27H26N6OS.C24H22N4O2.C16H18N4O2S.C16H18N4OS.C10H13N3O2/c1-16(2)33-14-20-11-19(8-9-22(20)31-33)24-25(34)32(4)26(29)30-27(24,3)23-12-21(15-35-23)18-7-5-6-17(10-18)13-28;1-17(29)26-21-14-12-18(13-15-21)16-28-22(30)24(27-23(28)25,19-8-4-2-5-9-19)20-10-6-3-7-11-20;1-16(8-14(21)20(2)15(17)19-16)12-7-10(9-23-12)11-5-4-6-13(18-11)22-3;1-10-7-12(22-14(10)11-5-4-6-18-9-11)16(2)8-13(21)20(3)15(17)19-16;1-10(7-4-3-5-15-7)6-8(14)13(2)9(11)12-10/h5-12,14-16,24H,1-4H3,(H2,29,30);2-15H,16H2,1H3,(H2,25,27)(H,26,29);4-7,9H,8H2,1-3H3,(H2,17,19);4-7,9H,8H2,1-3H3,(H2,17,19);3-5H,6H2,1-2H3,(H2,11,12)/t24-,27-;;2*16-;10-/m1.000/s1. The van der Waals surface area contributed by atoms with E-state index in [1.807, 2.05) is 195 Å². The molecule has 0 saturated heterocycles. The van der Waals surface area contributed by atoms with E-state index in [9.17, 15) is 34.0 Å². The number of carbonyl (C=O) groups excluding carboxylic acids is 6. The summed E-state index contributed by atoms with van der Waals surface area (Å²) in [5.41, 5.74) is 37.4. The molecule has 0 bridgehead atoms. The van der Waals surface area contributed by atoms with Gasteiger partial charge in [0.25, 0.3) is 5.91 Å². The quantitative estimate of drug-likeness (QED) is 0.0555. The monoisotopic (exact) mass is 1730 g/mol. The molecule has 5 aliphatic rings. The number of guanidine groups is 5. The zero-order valence-corrected chi connectivity index (χ0v) is 73.9. The topological polar surface area (TPSA) is 412 Å². The maximum absolute atomic E-state index is 13.7. The maximum Gasteiger partial charge on any atom is 0.266 e. The van der Waals surface area contributed by atoms with Gasteiger partial charge in [-0.1, -0.05) is 103 Å². The first-order valence-electron chi connectivity index (χ1n) is 40.0. The minimum absolute atomic E-state index is 0.0102. The fourth-order valence-corrected chi connectivity index (χ4v) is 18.4. The first kappa shape index (κ1) is 88.5. The molecule has 0 fully saturated rings. The summed E-state index contributed by atoms with van der Waals surface area (Å²) >= 11 is 4.75. The highest BCUT2D eigenvalue weighted by molar-refractivity contribution is 7.16. The van der Waals surface area contributed by atoms with Crippen molar-refractivity contribution in [2.75, 3.05) is 40.6 Å². The Bertz CT molecular complexity index is 6210. The van der Waals surface area contributed by atoms with Gasteiger partial charge in [0.15, 0.2) is 35.3 Å². The summed E-state index contributed by atoms with van der Waals surface area (Å²) in [6.45, 7) is 15.7. The summed E-state index contributed by atoms with van der Waals surface area (Å²) in [4.78, 5) is 117. The van der Waals surface area contributed by atoms with E-state index in [4.69, 9.17) is 42.8 Å². The SMILES string of the molecule is CC(=O)Nc1ccc(CN2C(=O)C(c3ccccc3)(c3ccccc3)N=C2N)cc1.CC(C)n1cc2cc([C@@H]3C(=O)N(C)C(N)=N[C@]3(C)c3cc(-c4cccc(C#N)c4)cs3)ccc2n1.CN1C(=O)C[C@@](C)(c2ccco2)N=C1N.COc1cccc(-c2csc([C@]3(C)CC(=O)N(C)C(N)=N3)c2)n1.Cc1cc([C@]2(C)CC(=O)N(C)C(N)=N2)sc1-c1cccnc1. The number of thiophene rings is 3. The van der Waals surface area contributed by atoms with Crippen LogP contribution in [0, 0.1) is 18.3 Å². The Morgan fingerprint density at radius 2 is 1.19 bits per heavy atom. The maximum atomic E-state index is 13.7. The van der Waals surface area contributed by atoms with Crippen molar-refractivity contribution in [2.45, 2.75) is 121 Å². The average Bonchev–Trinajstić information content (AvgIpc) is 1.67. The number of ether oxygens (including phenoxy) is 1. The molecule has 0 saturated carbocycles. The Morgan fingerprint density at radius 1 is 0.608 bits per heavy atom. The number of pyridine rings is 2. The predicted molar refractivity (Wildman–Crippen MR) is 490 cm³/mol. The fraction of sp³-hybridized carbons (Fsp3) is 0.258. The highest BCUT2D eigenvalue weighted by atomic mass is 32.1. The Morgan fingerprint density at radius 3 is 1.78 bits per heavy atom. The number of nitrogens with zero attached hydrogens (tertiary/aromatic N) is 15. The van der Waals surface area contributed by atoms with Crippen LogP contribution < -0.4 is 38.7 Å². The average molecular weight is 1730 g/mol. The first-order chi connectivity index (χ1) is 59.6. The van der Waals surface area contributed by atoms with Crippen LogP contribution in [0.15, 0.2) is 253 Å². The second-order valence-corrected chi connectivity index (χ2v) is 34.6. The molecule has 12 heterocycles. The zero-order valence-electron chi connectivity index (χ0n) is 71.4. The van der Waals surface area contributed by atoms with E-state index in [0.717, 1.165) is 86.2 Å². The van der Waals surface area contributed by atoms with Crippen LogP contribution in [0.4, 0.5) is 5.69 Å². The lowest BCUT2D eigenvalue weighted by atomic mass is 9.77. The molecule has 125 heavy (non-hydrogen) atoms. The zero-order chi connectivity index (χ0) is 89.6. The molecule has 29 nitrogen and oxygen atoms in total. The number of hydrogen-bond acceptors (Lipinski definition) is 25. The number of aryl methyl sites for hydroxylation is 1. The number of benzene rings is 5. The number of anilines is 1. The molecule has 0 aliphatic carbocycles. The minimum Gasteiger partial charge on any atom is -0.481 e. The second-order valence-electron chi connectivity index (χ2n) is 31.8. The van der Waals surface area contributed by atoms with Crippen LogP contribution in [0.1, 0.15) is 133 Å².